The number of nitrogens with zero attached hydrogens (tertiary/aromatic N) is 3. The molecule has 2 aromatic rings. The maximum atomic E-state index is 13.2. The fourth-order valence-corrected chi connectivity index (χ4v) is 4.01. The maximum Gasteiger partial charge on any atom is 0.417 e. The molecule has 2 aromatic heterocycles. The normalized spacial score (nSPS) is 14.1. The van der Waals surface area contributed by atoms with Crippen molar-refractivity contribution in [1.29, 1.82) is 5.26 Å². The van der Waals surface area contributed by atoms with Gasteiger partial charge in [0, 0.05) is 30.5 Å². The first-order valence-electron chi connectivity index (χ1n) is 8.83. The number of thioether (sulfide) groups is 1. The minimum atomic E-state index is -4.69. The number of amides is 1. The highest BCUT2D eigenvalue weighted by molar-refractivity contribution is 8.00. The van der Waals surface area contributed by atoms with Crippen LogP contribution in [-0.4, -0.2) is 45.4 Å². The third-order valence-corrected chi connectivity index (χ3v) is 5.48. The van der Waals surface area contributed by atoms with E-state index in [1.54, 1.807) is 11.0 Å². The Balaban J connectivity index is 1.74. The fraction of sp³-hybridized carbons (Fsp3) is 0.368. The Bertz CT molecular complexity index is 988. The molecule has 0 aromatic carbocycles. The Kier molecular flexibility index (Phi) is 5.98. The third kappa shape index (κ3) is 4.62. The lowest BCUT2D eigenvalue weighted by Gasteiger charge is -2.13. The van der Waals surface area contributed by atoms with E-state index in [-0.39, 0.29) is 33.7 Å². The molecule has 0 radical (unpaired) electrons. The Labute approximate surface area is 169 Å². The number of carbonyl (C=O) groups excluding carboxylic acids is 2. The Morgan fingerprint density at radius 1 is 1.31 bits per heavy atom. The van der Waals surface area contributed by atoms with Gasteiger partial charge in [-0.05, 0) is 31.9 Å². The summed E-state index contributed by atoms with van der Waals surface area (Å²) >= 11 is 0.770. The third-order valence-electron chi connectivity index (χ3n) is 4.50. The highest BCUT2D eigenvalue weighted by atomic mass is 32.2. The van der Waals surface area contributed by atoms with Crippen molar-refractivity contribution in [3.8, 4) is 6.07 Å². The lowest BCUT2D eigenvalue weighted by atomic mass is 10.1. The van der Waals surface area contributed by atoms with Crippen molar-refractivity contribution in [2.24, 2.45) is 0 Å². The Morgan fingerprint density at radius 3 is 2.62 bits per heavy atom. The molecule has 3 heterocycles. The van der Waals surface area contributed by atoms with Gasteiger partial charge in [-0.3, -0.25) is 9.59 Å². The fourth-order valence-electron chi connectivity index (χ4n) is 3.07. The second-order valence-corrected chi connectivity index (χ2v) is 7.58. The van der Waals surface area contributed by atoms with Crippen LogP contribution in [0.4, 0.5) is 13.2 Å². The zero-order chi connectivity index (χ0) is 21.2. The van der Waals surface area contributed by atoms with Crippen molar-refractivity contribution in [3.05, 3.63) is 46.4 Å². The van der Waals surface area contributed by atoms with E-state index in [1.807, 2.05) is 0 Å². The molecule has 29 heavy (non-hydrogen) atoms. The summed E-state index contributed by atoms with van der Waals surface area (Å²) in [5, 5.41) is 9.03. The molecule has 0 spiro atoms. The number of likely N-dealkylation sites (tertiary alicyclic amines) is 1. The molecule has 1 aliphatic rings. The predicted molar refractivity (Wildman–Crippen MR) is 99.7 cm³/mol. The van der Waals surface area contributed by atoms with Gasteiger partial charge in [0.1, 0.15) is 16.8 Å². The summed E-state index contributed by atoms with van der Waals surface area (Å²) in [5.74, 6) is -0.777. The van der Waals surface area contributed by atoms with Crippen LogP contribution in [0.25, 0.3) is 0 Å². The molecule has 10 heteroatoms. The van der Waals surface area contributed by atoms with E-state index in [0.717, 1.165) is 30.7 Å². The van der Waals surface area contributed by atoms with E-state index in [0.29, 0.717) is 18.8 Å². The van der Waals surface area contributed by atoms with E-state index < -0.39 is 17.3 Å². The number of hydrogen-bond donors (Lipinski definition) is 1. The van der Waals surface area contributed by atoms with Crippen LogP contribution >= 0.6 is 11.8 Å². The summed E-state index contributed by atoms with van der Waals surface area (Å²) in [6.07, 6.45) is -1.40. The number of rotatable bonds is 5. The van der Waals surface area contributed by atoms with Crippen LogP contribution in [0.1, 0.15) is 50.5 Å². The van der Waals surface area contributed by atoms with E-state index in [9.17, 15) is 22.8 Å². The number of aromatic amines is 1. The van der Waals surface area contributed by atoms with Gasteiger partial charge in [-0.1, -0.05) is 11.8 Å². The molecule has 1 saturated heterocycles. The van der Waals surface area contributed by atoms with Crippen LogP contribution in [0.15, 0.2) is 23.4 Å². The number of nitriles is 1. The van der Waals surface area contributed by atoms with Crippen LogP contribution in [0.3, 0.4) is 0 Å². The first-order chi connectivity index (χ1) is 13.7. The second-order valence-electron chi connectivity index (χ2n) is 6.61. The second kappa shape index (κ2) is 8.29. The number of pyridine rings is 1. The lowest BCUT2D eigenvalue weighted by Crippen LogP contribution is -2.27. The molecule has 0 saturated carbocycles. The van der Waals surface area contributed by atoms with Gasteiger partial charge in [0.15, 0.2) is 5.78 Å². The molecule has 0 aliphatic carbocycles. The number of nitrogens with one attached hydrogen (secondary N) is 1. The van der Waals surface area contributed by atoms with E-state index >= 15 is 0 Å². The largest absolute Gasteiger partial charge is 0.417 e. The standard InChI is InChI=1S/C19H17F3N4O2S/c1-11-6-14(19(20,21)22)13(8-23)17(25-11)29-10-16(27)12-7-15(24-9-12)18(28)26-4-2-3-5-26/h6-7,9,24H,2-5,10H2,1H3. The summed E-state index contributed by atoms with van der Waals surface area (Å²) in [7, 11) is 0. The van der Waals surface area contributed by atoms with Crippen molar-refractivity contribution in [2.75, 3.05) is 18.8 Å². The summed E-state index contributed by atoms with van der Waals surface area (Å²) in [6, 6.07) is 3.80. The van der Waals surface area contributed by atoms with Crippen LogP contribution < -0.4 is 0 Å². The van der Waals surface area contributed by atoms with E-state index in [4.69, 9.17) is 5.26 Å². The van der Waals surface area contributed by atoms with Gasteiger partial charge in [-0.15, -0.1) is 0 Å². The van der Waals surface area contributed by atoms with Gasteiger partial charge in [0.2, 0.25) is 0 Å². The zero-order valence-electron chi connectivity index (χ0n) is 15.5. The quantitative estimate of drug-likeness (QED) is 0.584. The van der Waals surface area contributed by atoms with Gasteiger partial charge < -0.3 is 9.88 Å². The van der Waals surface area contributed by atoms with Crippen molar-refractivity contribution >= 4 is 23.5 Å². The average Bonchev–Trinajstić information content (AvgIpc) is 3.36. The predicted octanol–water partition coefficient (Wildman–Crippen LogP) is 3.82. The highest BCUT2D eigenvalue weighted by Crippen LogP contribution is 2.36. The molecule has 0 unspecified atom stereocenters. The summed E-state index contributed by atoms with van der Waals surface area (Å²) in [5.41, 5.74) is -1.01. The number of halogens is 3. The number of aryl methyl sites for hydroxylation is 1. The van der Waals surface area contributed by atoms with Crippen molar-refractivity contribution in [2.45, 2.75) is 31.0 Å². The molecule has 1 N–H and O–H groups in total. The topological polar surface area (TPSA) is 89.8 Å². The number of carbonyl (C=O) groups is 2. The van der Waals surface area contributed by atoms with Gasteiger partial charge in [0.05, 0.1) is 16.9 Å². The Morgan fingerprint density at radius 2 is 2.00 bits per heavy atom. The zero-order valence-corrected chi connectivity index (χ0v) is 16.3. The monoisotopic (exact) mass is 422 g/mol. The molecule has 0 bridgehead atoms. The van der Waals surface area contributed by atoms with E-state index in [2.05, 4.69) is 9.97 Å². The van der Waals surface area contributed by atoms with Crippen LogP contribution in [-0.2, 0) is 6.18 Å². The van der Waals surface area contributed by atoms with Gasteiger partial charge in [-0.2, -0.15) is 18.4 Å². The van der Waals surface area contributed by atoms with Crippen molar-refractivity contribution < 1.29 is 22.8 Å². The molecular weight excluding hydrogens is 405 g/mol. The first kappa shape index (κ1) is 20.9. The van der Waals surface area contributed by atoms with E-state index in [1.165, 1.54) is 19.2 Å². The minimum Gasteiger partial charge on any atom is -0.356 e. The summed E-state index contributed by atoms with van der Waals surface area (Å²) in [6.45, 7) is 2.74. The van der Waals surface area contributed by atoms with Gasteiger partial charge >= 0.3 is 6.18 Å². The summed E-state index contributed by atoms with van der Waals surface area (Å²) < 4.78 is 39.5. The number of hydrogen-bond acceptors (Lipinski definition) is 5. The molecular formula is C19H17F3N4O2S. The first-order valence-corrected chi connectivity index (χ1v) is 9.82. The van der Waals surface area contributed by atoms with Crippen LogP contribution in [0.5, 0.6) is 0 Å². The number of ketones is 1. The molecule has 152 valence electrons. The minimum absolute atomic E-state index is 0.103. The Hall–Kier alpha value is -2.80. The molecule has 1 fully saturated rings. The van der Waals surface area contributed by atoms with Crippen molar-refractivity contribution in [1.82, 2.24) is 14.9 Å². The van der Waals surface area contributed by atoms with Crippen molar-refractivity contribution in [3.63, 3.8) is 0 Å². The number of aromatic nitrogens is 2. The lowest BCUT2D eigenvalue weighted by molar-refractivity contribution is -0.138. The molecule has 0 atom stereocenters. The number of H-pyrrole nitrogens is 1. The summed E-state index contributed by atoms with van der Waals surface area (Å²) in [4.78, 5) is 33.3. The van der Waals surface area contributed by atoms with Crippen LogP contribution in [0, 0.1) is 18.3 Å². The van der Waals surface area contributed by atoms with Crippen LogP contribution in [0.2, 0.25) is 0 Å². The van der Waals surface area contributed by atoms with Gasteiger partial charge in [0.25, 0.3) is 5.91 Å². The number of Topliss-reactive ketones (excluding diaryl/α,β-unsaturated/α-hetero) is 1. The van der Waals surface area contributed by atoms with Gasteiger partial charge in [-0.25, -0.2) is 4.98 Å². The molecule has 1 amide bonds. The molecule has 3 rings (SSSR count). The highest BCUT2D eigenvalue weighted by Gasteiger charge is 2.35. The smallest absolute Gasteiger partial charge is 0.356 e. The maximum absolute atomic E-state index is 13.2. The number of alkyl halides is 3. The molecule has 1 aliphatic heterocycles. The average molecular weight is 422 g/mol. The molecule has 6 nitrogen and oxygen atoms in total. The SMILES string of the molecule is Cc1cc(C(F)(F)F)c(C#N)c(SCC(=O)c2c[nH]c(C(=O)N3CCCC3)c2)n1.